The fourth-order valence-electron chi connectivity index (χ4n) is 2.45. The van der Waals surface area contributed by atoms with Crippen molar-refractivity contribution in [3.05, 3.63) is 17.0 Å². The predicted octanol–water partition coefficient (Wildman–Crippen LogP) is 1.98. The van der Waals surface area contributed by atoms with Crippen molar-refractivity contribution in [1.29, 1.82) is 0 Å². The third kappa shape index (κ3) is 1.27. The molecule has 14 heavy (non-hydrogen) atoms. The quantitative estimate of drug-likeness (QED) is 0.778. The molecular formula is C11H19N3. The van der Waals surface area contributed by atoms with E-state index in [1.165, 1.54) is 29.8 Å². The molecule has 3 nitrogen and oxygen atoms in total. The Morgan fingerprint density at radius 2 is 2.21 bits per heavy atom. The average Bonchev–Trinajstić information content (AvgIpc) is 2.67. The van der Waals surface area contributed by atoms with Gasteiger partial charge in [-0.3, -0.25) is 4.68 Å². The van der Waals surface area contributed by atoms with Gasteiger partial charge in [0.25, 0.3) is 0 Å². The van der Waals surface area contributed by atoms with Gasteiger partial charge in [0.2, 0.25) is 0 Å². The van der Waals surface area contributed by atoms with Crippen molar-refractivity contribution in [3.63, 3.8) is 0 Å². The van der Waals surface area contributed by atoms with Gasteiger partial charge >= 0.3 is 0 Å². The van der Waals surface area contributed by atoms with Gasteiger partial charge in [-0.1, -0.05) is 0 Å². The van der Waals surface area contributed by atoms with Gasteiger partial charge in [0.1, 0.15) is 0 Å². The molecule has 1 heterocycles. The molecule has 0 spiro atoms. The Hall–Kier alpha value is -0.830. The third-order valence-electron chi connectivity index (χ3n) is 3.09. The van der Waals surface area contributed by atoms with Gasteiger partial charge in [0.05, 0.1) is 5.69 Å². The number of aryl methyl sites for hydroxylation is 1. The maximum absolute atomic E-state index is 4.61. The minimum absolute atomic E-state index is 0.480. The fraction of sp³-hybridized carbons (Fsp3) is 0.727. The average molecular weight is 193 g/mol. The first-order valence-corrected chi connectivity index (χ1v) is 5.40. The Morgan fingerprint density at radius 1 is 1.50 bits per heavy atom. The van der Waals surface area contributed by atoms with Crippen LogP contribution in [0.4, 0.5) is 0 Å². The Kier molecular flexibility index (Phi) is 2.35. The van der Waals surface area contributed by atoms with Crippen LogP contribution >= 0.6 is 0 Å². The van der Waals surface area contributed by atoms with E-state index in [4.69, 9.17) is 0 Å². The van der Waals surface area contributed by atoms with E-state index in [0.717, 1.165) is 0 Å². The van der Waals surface area contributed by atoms with Crippen LogP contribution in [0.1, 0.15) is 49.3 Å². The van der Waals surface area contributed by atoms with Crippen LogP contribution in [0.15, 0.2) is 0 Å². The number of nitrogens with one attached hydrogen (secondary N) is 1. The summed E-state index contributed by atoms with van der Waals surface area (Å²) in [6.07, 6.45) is 2.39. The highest BCUT2D eigenvalue weighted by Gasteiger charge is 2.28. The zero-order valence-corrected chi connectivity index (χ0v) is 9.46. The molecule has 0 bridgehead atoms. The van der Waals surface area contributed by atoms with Crippen LogP contribution in [0.25, 0.3) is 0 Å². The normalized spacial score (nSPS) is 20.5. The predicted molar refractivity (Wildman–Crippen MR) is 57.5 cm³/mol. The summed E-state index contributed by atoms with van der Waals surface area (Å²) in [5, 5.41) is 7.97. The summed E-state index contributed by atoms with van der Waals surface area (Å²) in [4.78, 5) is 0. The highest BCUT2D eigenvalue weighted by molar-refractivity contribution is 5.33. The standard InChI is InChI=1S/C11H19N3/c1-7(2)14-10-6-5-9(12-4)11(10)8(3)13-14/h7,9,12H,5-6H2,1-4H3. The summed E-state index contributed by atoms with van der Waals surface area (Å²) in [5.41, 5.74) is 4.09. The number of rotatable bonds is 2. The fourth-order valence-corrected chi connectivity index (χ4v) is 2.45. The van der Waals surface area contributed by atoms with Crippen molar-refractivity contribution in [3.8, 4) is 0 Å². The number of hydrogen-bond acceptors (Lipinski definition) is 2. The lowest BCUT2D eigenvalue weighted by Gasteiger charge is -2.08. The van der Waals surface area contributed by atoms with Crippen molar-refractivity contribution in [2.45, 2.75) is 45.7 Å². The lowest BCUT2D eigenvalue weighted by molar-refractivity contribution is 0.502. The summed E-state index contributed by atoms with van der Waals surface area (Å²) in [6, 6.07) is 1.01. The first-order valence-electron chi connectivity index (χ1n) is 5.40. The molecule has 1 atom stereocenters. The lowest BCUT2D eigenvalue weighted by Crippen LogP contribution is -2.13. The van der Waals surface area contributed by atoms with Crippen LogP contribution < -0.4 is 5.32 Å². The SMILES string of the molecule is CNC1CCc2c1c(C)nn2C(C)C. The Balaban J connectivity index is 2.46. The van der Waals surface area contributed by atoms with Crippen LogP contribution in [0, 0.1) is 6.92 Å². The minimum Gasteiger partial charge on any atom is -0.313 e. The summed E-state index contributed by atoms with van der Waals surface area (Å²) in [7, 11) is 2.03. The molecule has 0 aliphatic heterocycles. The highest BCUT2D eigenvalue weighted by atomic mass is 15.3. The van der Waals surface area contributed by atoms with Gasteiger partial charge < -0.3 is 5.32 Å². The van der Waals surface area contributed by atoms with E-state index >= 15 is 0 Å². The molecule has 1 aliphatic carbocycles. The summed E-state index contributed by atoms with van der Waals surface area (Å²) >= 11 is 0. The molecule has 1 unspecified atom stereocenters. The Morgan fingerprint density at radius 3 is 2.79 bits per heavy atom. The number of hydrogen-bond donors (Lipinski definition) is 1. The second-order valence-electron chi connectivity index (χ2n) is 4.36. The molecule has 0 saturated heterocycles. The van der Waals surface area contributed by atoms with E-state index in [-0.39, 0.29) is 0 Å². The molecule has 78 valence electrons. The monoisotopic (exact) mass is 193 g/mol. The molecule has 0 amide bonds. The van der Waals surface area contributed by atoms with Gasteiger partial charge in [-0.2, -0.15) is 5.10 Å². The van der Waals surface area contributed by atoms with E-state index < -0.39 is 0 Å². The van der Waals surface area contributed by atoms with E-state index in [9.17, 15) is 0 Å². The minimum atomic E-state index is 0.480. The number of aromatic nitrogens is 2. The molecule has 3 heteroatoms. The summed E-state index contributed by atoms with van der Waals surface area (Å²) < 4.78 is 2.18. The van der Waals surface area contributed by atoms with E-state index in [0.29, 0.717) is 12.1 Å². The van der Waals surface area contributed by atoms with E-state index in [1.807, 2.05) is 7.05 Å². The van der Waals surface area contributed by atoms with Crippen LogP contribution in [0.2, 0.25) is 0 Å². The van der Waals surface area contributed by atoms with Gasteiger partial charge in [0, 0.05) is 23.3 Å². The topological polar surface area (TPSA) is 29.9 Å². The van der Waals surface area contributed by atoms with Crippen LogP contribution in [0.5, 0.6) is 0 Å². The highest BCUT2D eigenvalue weighted by Crippen LogP contribution is 2.34. The second-order valence-corrected chi connectivity index (χ2v) is 4.36. The molecule has 0 saturated carbocycles. The largest absolute Gasteiger partial charge is 0.313 e. The molecule has 1 N–H and O–H groups in total. The summed E-state index contributed by atoms with van der Waals surface area (Å²) in [6.45, 7) is 6.51. The van der Waals surface area contributed by atoms with Gasteiger partial charge in [-0.05, 0) is 40.7 Å². The van der Waals surface area contributed by atoms with Crippen molar-refractivity contribution in [2.75, 3.05) is 7.05 Å². The van der Waals surface area contributed by atoms with Crippen molar-refractivity contribution in [1.82, 2.24) is 15.1 Å². The zero-order chi connectivity index (χ0) is 10.3. The zero-order valence-electron chi connectivity index (χ0n) is 9.46. The van der Waals surface area contributed by atoms with Crippen LogP contribution in [-0.4, -0.2) is 16.8 Å². The van der Waals surface area contributed by atoms with Crippen molar-refractivity contribution < 1.29 is 0 Å². The number of fused-ring (bicyclic) bond motifs is 1. The third-order valence-corrected chi connectivity index (χ3v) is 3.09. The molecule has 0 radical (unpaired) electrons. The second kappa shape index (κ2) is 3.39. The molecule has 2 rings (SSSR count). The molecular weight excluding hydrogens is 174 g/mol. The molecule has 1 aromatic rings. The Bertz CT molecular complexity index is 339. The van der Waals surface area contributed by atoms with Gasteiger partial charge in [-0.25, -0.2) is 0 Å². The molecule has 1 aromatic heterocycles. The number of nitrogens with zero attached hydrogens (tertiary/aromatic N) is 2. The van der Waals surface area contributed by atoms with Crippen molar-refractivity contribution in [2.24, 2.45) is 0 Å². The van der Waals surface area contributed by atoms with E-state index in [2.05, 4.69) is 35.9 Å². The van der Waals surface area contributed by atoms with Gasteiger partial charge in [-0.15, -0.1) is 0 Å². The van der Waals surface area contributed by atoms with Crippen LogP contribution in [0.3, 0.4) is 0 Å². The maximum Gasteiger partial charge on any atom is 0.0644 e. The molecule has 0 aromatic carbocycles. The smallest absolute Gasteiger partial charge is 0.0644 e. The maximum atomic E-state index is 4.61. The lowest BCUT2D eigenvalue weighted by atomic mass is 10.1. The summed E-state index contributed by atoms with van der Waals surface area (Å²) in [5.74, 6) is 0. The van der Waals surface area contributed by atoms with Crippen molar-refractivity contribution >= 4 is 0 Å². The molecule has 1 aliphatic rings. The van der Waals surface area contributed by atoms with Crippen LogP contribution in [-0.2, 0) is 6.42 Å². The first kappa shape index (κ1) is 9.71. The molecule has 0 fully saturated rings. The Labute approximate surface area is 85.5 Å². The first-order chi connectivity index (χ1) is 6.65. The van der Waals surface area contributed by atoms with E-state index in [1.54, 1.807) is 0 Å². The van der Waals surface area contributed by atoms with Gasteiger partial charge in [0.15, 0.2) is 0 Å².